The molecule has 0 aromatic heterocycles. The highest BCUT2D eigenvalue weighted by Gasteiger charge is 2.19. The number of hydrogen-bond acceptors (Lipinski definition) is 3. The zero-order chi connectivity index (χ0) is 15.3. The van der Waals surface area contributed by atoms with Gasteiger partial charge in [0, 0.05) is 12.1 Å². The lowest BCUT2D eigenvalue weighted by atomic mass is 9.82. The molecule has 0 heterocycles. The first-order valence-corrected chi connectivity index (χ1v) is 7.23. The van der Waals surface area contributed by atoms with E-state index in [4.69, 9.17) is 15.2 Å². The van der Waals surface area contributed by atoms with Crippen LogP contribution in [0, 0.1) is 11.3 Å². The second-order valence-corrected chi connectivity index (χ2v) is 6.86. The van der Waals surface area contributed by atoms with Crippen molar-refractivity contribution in [2.45, 2.75) is 46.6 Å². The predicted octanol–water partition coefficient (Wildman–Crippen LogP) is 4.17. The molecule has 0 amide bonds. The van der Waals surface area contributed by atoms with Gasteiger partial charge in [0.15, 0.2) is 0 Å². The second-order valence-electron chi connectivity index (χ2n) is 6.86. The minimum absolute atomic E-state index is 0.0105. The van der Waals surface area contributed by atoms with Crippen LogP contribution in [0.3, 0.4) is 0 Å². The largest absolute Gasteiger partial charge is 0.497 e. The Morgan fingerprint density at radius 2 is 1.55 bits per heavy atom. The van der Waals surface area contributed by atoms with Gasteiger partial charge in [-0.05, 0) is 41.9 Å². The number of benzene rings is 1. The molecular weight excluding hydrogens is 250 g/mol. The number of rotatable bonds is 6. The molecule has 3 nitrogen and oxygen atoms in total. The molecular formula is C17H29NO2. The maximum atomic E-state index is 6.35. The predicted molar refractivity (Wildman–Crippen MR) is 84.3 cm³/mol. The van der Waals surface area contributed by atoms with Gasteiger partial charge in [0.05, 0.1) is 14.2 Å². The average molecular weight is 279 g/mol. The summed E-state index contributed by atoms with van der Waals surface area (Å²) in [4.78, 5) is 0. The third kappa shape index (κ3) is 5.41. The molecule has 0 aliphatic heterocycles. The van der Waals surface area contributed by atoms with Crippen LogP contribution in [0.5, 0.6) is 11.5 Å². The summed E-state index contributed by atoms with van der Waals surface area (Å²) in [5, 5.41) is 0. The van der Waals surface area contributed by atoms with Crippen molar-refractivity contribution in [1.82, 2.24) is 0 Å². The van der Waals surface area contributed by atoms with E-state index >= 15 is 0 Å². The number of ether oxygens (including phenoxy) is 2. The molecule has 0 spiro atoms. The Bertz CT molecular complexity index is 401. The Balaban J connectivity index is 2.78. The monoisotopic (exact) mass is 279 g/mol. The minimum Gasteiger partial charge on any atom is -0.497 e. The number of hydrogen-bond donors (Lipinski definition) is 1. The molecule has 1 aromatic rings. The zero-order valence-corrected chi connectivity index (χ0v) is 13.7. The molecule has 0 aliphatic rings. The lowest BCUT2D eigenvalue weighted by molar-refractivity contribution is 0.286. The van der Waals surface area contributed by atoms with Crippen LogP contribution in [0.25, 0.3) is 0 Å². The summed E-state index contributed by atoms with van der Waals surface area (Å²) in [6.45, 7) is 9.07. The van der Waals surface area contributed by atoms with Crippen LogP contribution in [0.4, 0.5) is 0 Å². The molecule has 0 fully saturated rings. The maximum absolute atomic E-state index is 6.35. The fourth-order valence-corrected chi connectivity index (χ4v) is 2.74. The van der Waals surface area contributed by atoms with Gasteiger partial charge in [-0.3, -0.25) is 0 Å². The molecule has 1 rings (SSSR count). The normalized spacial score (nSPS) is 14.8. The van der Waals surface area contributed by atoms with Crippen LogP contribution >= 0.6 is 0 Å². The van der Waals surface area contributed by atoms with Gasteiger partial charge in [0.2, 0.25) is 0 Å². The summed E-state index contributed by atoms with van der Waals surface area (Å²) in [6.07, 6.45) is 2.13. The average Bonchev–Trinajstić information content (AvgIpc) is 2.35. The quantitative estimate of drug-likeness (QED) is 0.850. The lowest BCUT2D eigenvalue weighted by Crippen LogP contribution is -2.18. The van der Waals surface area contributed by atoms with E-state index in [1.54, 1.807) is 14.2 Å². The van der Waals surface area contributed by atoms with Crippen LogP contribution < -0.4 is 15.2 Å². The van der Waals surface area contributed by atoms with Crippen molar-refractivity contribution < 1.29 is 9.47 Å². The standard InChI is InChI=1S/C17H29NO2/c1-12(11-17(2,3)4)7-16(18)13-8-14(19-5)10-15(9-13)20-6/h8-10,12,16H,7,11,18H2,1-6H3. The van der Waals surface area contributed by atoms with Crippen LogP contribution in [0.1, 0.15) is 52.1 Å². The summed E-state index contributed by atoms with van der Waals surface area (Å²) in [5.41, 5.74) is 7.76. The summed E-state index contributed by atoms with van der Waals surface area (Å²) >= 11 is 0. The van der Waals surface area contributed by atoms with E-state index in [9.17, 15) is 0 Å². The van der Waals surface area contributed by atoms with Crippen LogP contribution in [-0.2, 0) is 0 Å². The Kier molecular flexibility index (Phi) is 5.88. The van der Waals surface area contributed by atoms with E-state index in [0.29, 0.717) is 11.3 Å². The summed E-state index contributed by atoms with van der Waals surface area (Å²) in [5.74, 6) is 2.17. The topological polar surface area (TPSA) is 44.5 Å². The Morgan fingerprint density at radius 1 is 1.05 bits per heavy atom. The van der Waals surface area contributed by atoms with E-state index in [2.05, 4.69) is 27.7 Å². The fraction of sp³-hybridized carbons (Fsp3) is 0.647. The van der Waals surface area contributed by atoms with Crippen LogP contribution in [-0.4, -0.2) is 14.2 Å². The Labute approximate surface area is 123 Å². The molecule has 3 heteroatoms. The molecule has 1 aromatic carbocycles. The molecule has 114 valence electrons. The molecule has 2 atom stereocenters. The third-order valence-corrected chi connectivity index (χ3v) is 3.42. The van der Waals surface area contributed by atoms with Crippen molar-refractivity contribution in [2.24, 2.45) is 17.1 Å². The zero-order valence-electron chi connectivity index (χ0n) is 13.7. The van der Waals surface area contributed by atoms with Crippen LogP contribution in [0.15, 0.2) is 18.2 Å². The first-order chi connectivity index (χ1) is 9.25. The smallest absolute Gasteiger partial charge is 0.122 e. The molecule has 2 N–H and O–H groups in total. The first kappa shape index (κ1) is 16.8. The van der Waals surface area contributed by atoms with Crippen molar-refractivity contribution in [3.63, 3.8) is 0 Å². The molecule has 0 radical (unpaired) electrons. The van der Waals surface area contributed by atoms with Crippen molar-refractivity contribution in [3.8, 4) is 11.5 Å². The molecule has 0 aliphatic carbocycles. The fourth-order valence-electron chi connectivity index (χ4n) is 2.74. The van der Waals surface area contributed by atoms with E-state index in [1.807, 2.05) is 18.2 Å². The van der Waals surface area contributed by atoms with E-state index in [1.165, 1.54) is 6.42 Å². The SMILES string of the molecule is COc1cc(OC)cc(C(N)CC(C)CC(C)(C)C)c1. The van der Waals surface area contributed by atoms with Crippen molar-refractivity contribution in [1.29, 1.82) is 0 Å². The molecule has 2 unspecified atom stereocenters. The lowest BCUT2D eigenvalue weighted by Gasteiger charge is -2.25. The van der Waals surface area contributed by atoms with Crippen molar-refractivity contribution in [3.05, 3.63) is 23.8 Å². The van der Waals surface area contributed by atoms with Crippen molar-refractivity contribution in [2.75, 3.05) is 14.2 Å². The third-order valence-electron chi connectivity index (χ3n) is 3.42. The van der Waals surface area contributed by atoms with Gasteiger partial charge in [-0.2, -0.15) is 0 Å². The van der Waals surface area contributed by atoms with Gasteiger partial charge in [0.25, 0.3) is 0 Å². The first-order valence-electron chi connectivity index (χ1n) is 7.23. The highest BCUT2D eigenvalue weighted by Crippen LogP contribution is 2.32. The molecule has 0 bridgehead atoms. The maximum Gasteiger partial charge on any atom is 0.122 e. The van der Waals surface area contributed by atoms with Gasteiger partial charge >= 0.3 is 0 Å². The summed E-state index contributed by atoms with van der Waals surface area (Å²) in [7, 11) is 3.32. The highest BCUT2D eigenvalue weighted by molar-refractivity contribution is 5.39. The summed E-state index contributed by atoms with van der Waals surface area (Å²) < 4.78 is 10.6. The number of methoxy groups -OCH3 is 2. The van der Waals surface area contributed by atoms with Gasteiger partial charge < -0.3 is 15.2 Å². The molecule has 0 saturated heterocycles. The van der Waals surface area contributed by atoms with Gasteiger partial charge in [-0.1, -0.05) is 27.7 Å². The van der Waals surface area contributed by atoms with Crippen LogP contribution in [0.2, 0.25) is 0 Å². The Hall–Kier alpha value is -1.22. The molecule has 20 heavy (non-hydrogen) atoms. The van der Waals surface area contributed by atoms with Crippen molar-refractivity contribution >= 4 is 0 Å². The highest BCUT2D eigenvalue weighted by atomic mass is 16.5. The van der Waals surface area contributed by atoms with Gasteiger partial charge in [-0.15, -0.1) is 0 Å². The minimum atomic E-state index is 0.0105. The van der Waals surface area contributed by atoms with E-state index < -0.39 is 0 Å². The number of nitrogens with two attached hydrogens (primary N) is 1. The Morgan fingerprint density at radius 3 is 1.95 bits per heavy atom. The van der Waals surface area contributed by atoms with E-state index in [0.717, 1.165) is 23.5 Å². The van der Waals surface area contributed by atoms with Gasteiger partial charge in [0.1, 0.15) is 11.5 Å². The van der Waals surface area contributed by atoms with E-state index in [-0.39, 0.29) is 6.04 Å². The second kappa shape index (κ2) is 6.98. The molecule has 0 saturated carbocycles. The summed E-state index contributed by atoms with van der Waals surface area (Å²) in [6, 6.07) is 5.87. The van der Waals surface area contributed by atoms with Gasteiger partial charge in [-0.25, -0.2) is 0 Å².